The number of nitrogens with one attached hydrogen (secondary N) is 2. The minimum absolute atomic E-state index is 0.0693. The summed E-state index contributed by atoms with van der Waals surface area (Å²) >= 11 is 3.05. The molecule has 0 bridgehead atoms. The van der Waals surface area contributed by atoms with E-state index in [1.807, 2.05) is 6.92 Å². The Kier molecular flexibility index (Phi) is 4.03. The van der Waals surface area contributed by atoms with Crippen molar-refractivity contribution in [2.24, 2.45) is 0 Å². The Morgan fingerprint density at radius 1 is 1.44 bits per heavy atom. The van der Waals surface area contributed by atoms with Gasteiger partial charge in [-0.1, -0.05) is 6.92 Å². The zero-order valence-corrected chi connectivity index (χ0v) is 11.1. The zero-order chi connectivity index (χ0) is 13.1. The fourth-order valence-electron chi connectivity index (χ4n) is 1.72. The molecule has 1 aromatic heterocycles. The van der Waals surface area contributed by atoms with Crippen LogP contribution in [-0.2, 0) is 0 Å². The van der Waals surface area contributed by atoms with Crippen LogP contribution < -0.4 is 5.32 Å². The number of halogens is 3. The molecule has 7 heteroatoms. The lowest BCUT2D eigenvalue weighted by molar-refractivity contribution is 0.502. The van der Waals surface area contributed by atoms with Gasteiger partial charge in [-0.3, -0.25) is 0 Å². The highest BCUT2D eigenvalue weighted by atomic mass is 79.9. The quantitative estimate of drug-likeness (QED) is 0.852. The molecule has 1 atom stereocenters. The van der Waals surface area contributed by atoms with E-state index < -0.39 is 17.7 Å². The molecule has 4 nitrogen and oxygen atoms in total. The number of nitrogens with zero attached hydrogens (tertiary/aromatic N) is 2. The van der Waals surface area contributed by atoms with Crippen molar-refractivity contribution in [2.45, 2.75) is 13.0 Å². The van der Waals surface area contributed by atoms with E-state index >= 15 is 0 Å². The maximum atomic E-state index is 14.0. The number of hydrogen-bond donors (Lipinski definition) is 2. The van der Waals surface area contributed by atoms with Gasteiger partial charge in [0.15, 0.2) is 0 Å². The number of rotatable bonds is 4. The van der Waals surface area contributed by atoms with Crippen molar-refractivity contribution in [3.05, 3.63) is 45.7 Å². The summed E-state index contributed by atoms with van der Waals surface area (Å²) in [5.74, 6) is -1.26. The van der Waals surface area contributed by atoms with Crippen LogP contribution in [0.25, 0.3) is 0 Å². The van der Waals surface area contributed by atoms with Gasteiger partial charge in [0.1, 0.15) is 17.3 Å². The van der Waals surface area contributed by atoms with Crippen molar-refractivity contribution in [2.75, 3.05) is 6.54 Å². The Balaban J connectivity index is 2.52. The summed E-state index contributed by atoms with van der Waals surface area (Å²) in [6.45, 7) is 2.39. The van der Waals surface area contributed by atoms with Crippen molar-refractivity contribution in [1.82, 2.24) is 20.7 Å². The molecule has 18 heavy (non-hydrogen) atoms. The third-order valence-electron chi connectivity index (χ3n) is 2.51. The number of benzene rings is 1. The SMILES string of the molecule is CCNC(c1cn[nH]n1)c1c(F)ccc(Br)c1F. The molecule has 1 unspecified atom stereocenters. The van der Waals surface area contributed by atoms with Crippen LogP contribution in [0.5, 0.6) is 0 Å². The Hall–Kier alpha value is -1.34. The second kappa shape index (κ2) is 5.53. The first-order valence-corrected chi connectivity index (χ1v) is 6.17. The van der Waals surface area contributed by atoms with E-state index in [9.17, 15) is 8.78 Å². The molecule has 2 aromatic rings. The van der Waals surface area contributed by atoms with Crippen LogP contribution in [0.15, 0.2) is 22.8 Å². The van der Waals surface area contributed by atoms with Crippen LogP contribution in [0, 0.1) is 11.6 Å². The van der Waals surface area contributed by atoms with Crippen molar-refractivity contribution in [3.63, 3.8) is 0 Å². The predicted molar refractivity (Wildman–Crippen MR) is 66.0 cm³/mol. The first-order chi connectivity index (χ1) is 8.65. The molecule has 0 amide bonds. The fraction of sp³-hybridized carbons (Fsp3) is 0.273. The molecule has 0 saturated carbocycles. The molecule has 0 spiro atoms. The summed E-state index contributed by atoms with van der Waals surface area (Å²) in [7, 11) is 0. The van der Waals surface area contributed by atoms with Crippen LogP contribution in [0.1, 0.15) is 24.2 Å². The monoisotopic (exact) mass is 316 g/mol. The van der Waals surface area contributed by atoms with Gasteiger partial charge < -0.3 is 5.32 Å². The first-order valence-electron chi connectivity index (χ1n) is 5.37. The van der Waals surface area contributed by atoms with Gasteiger partial charge in [0.2, 0.25) is 0 Å². The summed E-state index contributed by atoms with van der Waals surface area (Å²) in [5.41, 5.74) is 0.368. The lowest BCUT2D eigenvalue weighted by atomic mass is 10.0. The Morgan fingerprint density at radius 2 is 2.22 bits per heavy atom. The third kappa shape index (κ3) is 2.41. The summed E-state index contributed by atoms with van der Waals surface area (Å²) in [5, 5.41) is 13.0. The zero-order valence-electron chi connectivity index (χ0n) is 9.54. The molecule has 0 aliphatic heterocycles. The van der Waals surface area contributed by atoms with E-state index in [4.69, 9.17) is 0 Å². The van der Waals surface area contributed by atoms with E-state index in [-0.39, 0.29) is 10.0 Å². The maximum Gasteiger partial charge on any atom is 0.145 e. The smallest absolute Gasteiger partial charge is 0.145 e. The van der Waals surface area contributed by atoms with E-state index in [1.54, 1.807) is 0 Å². The van der Waals surface area contributed by atoms with Crippen LogP contribution in [-0.4, -0.2) is 22.0 Å². The van der Waals surface area contributed by atoms with Crippen LogP contribution >= 0.6 is 15.9 Å². The molecule has 96 valence electrons. The average molecular weight is 317 g/mol. The molecule has 1 heterocycles. The molecule has 2 N–H and O–H groups in total. The van der Waals surface area contributed by atoms with Crippen molar-refractivity contribution >= 4 is 15.9 Å². The Labute approximate surface area is 111 Å². The van der Waals surface area contributed by atoms with E-state index in [0.29, 0.717) is 12.2 Å². The third-order valence-corrected chi connectivity index (χ3v) is 3.12. The summed E-state index contributed by atoms with van der Waals surface area (Å²) < 4.78 is 28.1. The molecule has 0 aliphatic rings. The fourth-order valence-corrected chi connectivity index (χ4v) is 2.06. The highest BCUT2D eigenvalue weighted by molar-refractivity contribution is 9.10. The van der Waals surface area contributed by atoms with Crippen LogP contribution in [0.4, 0.5) is 8.78 Å². The van der Waals surface area contributed by atoms with E-state index in [1.165, 1.54) is 18.3 Å². The number of aromatic amines is 1. The lowest BCUT2D eigenvalue weighted by Crippen LogP contribution is -2.24. The molecule has 2 rings (SSSR count). The van der Waals surface area contributed by atoms with Gasteiger partial charge in [-0.15, -0.1) is 0 Å². The summed E-state index contributed by atoms with van der Waals surface area (Å²) in [6.07, 6.45) is 1.44. The van der Waals surface area contributed by atoms with Gasteiger partial charge in [0.05, 0.1) is 16.7 Å². The van der Waals surface area contributed by atoms with Gasteiger partial charge in [-0.25, -0.2) is 8.78 Å². The molecule has 0 aliphatic carbocycles. The molecular formula is C11H11BrF2N4. The minimum atomic E-state index is -0.675. The van der Waals surface area contributed by atoms with Gasteiger partial charge in [0.25, 0.3) is 0 Å². The summed E-state index contributed by atoms with van der Waals surface area (Å²) in [4.78, 5) is 0. The molecule has 0 saturated heterocycles. The van der Waals surface area contributed by atoms with Crippen LogP contribution in [0.2, 0.25) is 0 Å². The van der Waals surface area contributed by atoms with Crippen molar-refractivity contribution in [1.29, 1.82) is 0 Å². The Morgan fingerprint density at radius 3 is 2.83 bits per heavy atom. The van der Waals surface area contributed by atoms with Crippen LogP contribution in [0.3, 0.4) is 0 Å². The maximum absolute atomic E-state index is 14.0. The lowest BCUT2D eigenvalue weighted by Gasteiger charge is -2.17. The molecule has 0 fully saturated rings. The second-order valence-corrected chi connectivity index (χ2v) is 4.50. The number of hydrogen-bond acceptors (Lipinski definition) is 3. The highest BCUT2D eigenvalue weighted by Gasteiger charge is 2.24. The molecule has 1 aromatic carbocycles. The topological polar surface area (TPSA) is 53.6 Å². The molecular weight excluding hydrogens is 306 g/mol. The highest BCUT2D eigenvalue weighted by Crippen LogP contribution is 2.29. The normalized spacial score (nSPS) is 12.7. The van der Waals surface area contributed by atoms with E-state index in [2.05, 4.69) is 36.7 Å². The number of aromatic nitrogens is 3. The average Bonchev–Trinajstić information content (AvgIpc) is 2.87. The first kappa shape index (κ1) is 13.1. The minimum Gasteiger partial charge on any atom is -0.305 e. The van der Waals surface area contributed by atoms with Gasteiger partial charge >= 0.3 is 0 Å². The summed E-state index contributed by atoms with van der Waals surface area (Å²) in [6, 6.07) is 1.87. The predicted octanol–water partition coefficient (Wildman–Crippen LogP) is 2.54. The standard InChI is InChI=1S/C11H11BrF2N4/c1-2-15-11(8-5-16-18-17-8)9-7(13)4-3-6(12)10(9)14/h3-5,11,15H,2H2,1H3,(H,16,17,18). The number of H-pyrrole nitrogens is 1. The van der Waals surface area contributed by atoms with Crippen molar-refractivity contribution < 1.29 is 8.78 Å². The second-order valence-electron chi connectivity index (χ2n) is 3.64. The van der Waals surface area contributed by atoms with E-state index in [0.717, 1.165) is 0 Å². The van der Waals surface area contributed by atoms with Crippen molar-refractivity contribution in [3.8, 4) is 0 Å². The largest absolute Gasteiger partial charge is 0.305 e. The molecule has 0 radical (unpaired) electrons. The Bertz CT molecular complexity index is 530. The van der Waals surface area contributed by atoms with Gasteiger partial charge in [-0.05, 0) is 34.6 Å². The van der Waals surface area contributed by atoms with Gasteiger partial charge in [-0.2, -0.15) is 15.4 Å². The van der Waals surface area contributed by atoms with Gasteiger partial charge in [0, 0.05) is 5.56 Å².